The molecule has 1 N–H and O–H groups in total. The summed E-state index contributed by atoms with van der Waals surface area (Å²) in [7, 11) is -3.69. The summed E-state index contributed by atoms with van der Waals surface area (Å²) in [5.74, 6) is 0.591. The quantitative estimate of drug-likeness (QED) is 0.470. The fourth-order valence-corrected chi connectivity index (χ4v) is 5.28. The van der Waals surface area contributed by atoms with Gasteiger partial charge in [-0.1, -0.05) is 79.2 Å². The van der Waals surface area contributed by atoms with Crippen molar-refractivity contribution in [2.45, 2.75) is 90.4 Å². The van der Waals surface area contributed by atoms with Crippen molar-refractivity contribution in [1.82, 2.24) is 0 Å². The molecule has 29 heavy (non-hydrogen) atoms. The smallest absolute Gasteiger partial charge is 0.262 e. The fraction of sp³-hybridized carbons (Fsp3) is 0.520. The first-order valence-corrected chi connectivity index (χ1v) is 12.3. The Balaban J connectivity index is 2.50. The molecule has 0 spiro atoms. The maximum atomic E-state index is 13.5. The average molecular weight is 416 g/mol. The molecule has 0 aliphatic heterocycles. The van der Waals surface area contributed by atoms with Crippen molar-refractivity contribution < 1.29 is 8.42 Å². The Kier molecular flexibility index (Phi) is 7.93. The van der Waals surface area contributed by atoms with Crippen molar-refractivity contribution in [2.24, 2.45) is 0 Å². The lowest BCUT2D eigenvalue weighted by Crippen LogP contribution is -2.19. The Hall–Kier alpha value is -1.81. The normalized spacial score (nSPS) is 12.2. The molecule has 160 valence electrons. The zero-order valence-corrected chi connectivity index (χ0v) is 19.9. The number of unbranched alkanes of at least 4 members (excludes halogenated alkanes) is 1. The van der Waals surface area contributed by atoms with E-state index in [4.69, 9.17) is 0 Å². The number of hydrogen-bond acceptors (Lipinski definition) is 2. The number of aryl methyl sites for hydroxylation is 1. The van der Waals surface area contributed by atoms with Gasteiger partial charge in [-0.15, -0.1) is 0 Å². The van der Waals surface area contributed by atoms with Crippen LogP contribution in [0.15, 0.2) is 41.3 Å². The monoisotopic (exact) mass is 415 g/mol. The van der Waals surface area contributed by atoms with Crippen molar-refractivity contribution in [3.05, 3.63) is 58.7 Å². The Morgan fingerprint density at radius 3 is 1.76 bits per heavy atom. The fourth-order valence-electron chi connectivity index (χ4n) is 3.53. The third kappa shape index (κ3) is 5.85. The summed E-state index contributed by atoms with van der Waals surface area (Å²) in [5, 5.41) is 0. The number of nitrogens with one attached hydrogen (secondary N) is 1. The Labute approximate surface area is 178 Å². The van der Waals surface area contributed by atoms with E-state index in [1.165, 1.54) is 11.1 Å². The standard InChI is InChI=1S/C25H37NO2S/c1-8-9-10-20-11-13-22(14-12-20)26-29(27,28)25-23(18(4)5)15-21(17(2)3)16-24(25)19(6)7/h11-19,26H,8-10H2,1-7H3. The van der Waals surface area contributed by atoms with Crippen LogP contribution in [-0.4, -0.2) is 8.42 Å². The van der Waals surface area contributed by atoms with E-state index < -0.39 is 10.0 Å². The third-order valence-corrected chi connectivity index (χ3v) is 6.89. The van der Waals surface area contributed by atoms with Crippen molar-refractivity contribution in [1.29, 1.82) is 0 Å². The average Bonchev–Trinajstić information content (AvgIpc) is 2.65. The second-order valence-electron chi connectivity index (χ2n) is 8.90. The van der Waals surface area contributed by atoms with Crippen LogP contribution >= 0.6 is 0 Å². The van der Waals surface area contributed by atoms with Gasteiger partial charge in [0.15, 0.2) is 0 Å². The minimum Gasteiger partial charge on any atom is -0.280 e. The molecule has 0 amide bonds. The van der Waals surface area contributed by atoms with Gasteiger partial charge in [0, 0.05) is 5.69 Å². The second-order valence-corrected chi connectivity index (χ2v) is 10.5. The van der Waals surface area contributed by atoms with E-state index >= 15 is 0 Å². The summed E-state index contributed by atoms with van der Waals surface area (Å²) in [5.41, 5.74) is 4.83. The zero-order valence-electron chi connectivity index (χ0n) is 19.0. The molecule has 2 aromatic carbocycles. The summed E-state index contributed by atoms with van der Waals surface area (Å²) in [6.45, 7) is 14.7. The Morgan fingerprint density at radius 2 is 1.34 bits per heavy atom. The van der Waals surface area contributed by atoms with Crippen LogP contribution < -0.4 is 4.72 Å². The van der Waals surface area contributed by atoms with E-state index in [2.05, 4.69) is 65.3 Å². The Morgan fingerprint density at radius 1 is 0.828 bits per heavy atom. The number of anilines is 1. The van der Waals surface area contributed by atoms with Crippen LogP contribution in [0.3, 0.4) is 0 Å². The minimum atomic E-state index is -3.69. The van der Waals surface area contributed by atoms with Crippen LogP contribution in [-0.2, 0) is 16.4 Å². The summed E-state index contributed by atoms with van der Waals surface area (Å²) in [4.78, 5) is 0.446. The van der Waals surface area contributed by atoms with Crippen LogP contribution in [0.25, 0.3) is 0 Å². The van der Waals surface area contributed by atoms with Gasteiger partial charge in [-0.2, -0.15) is 0 Å². The first kappa shape index (κ1) is 23.5. The summed E-state index contributed by atoms with van der Waals surface area (Å²) in [6.07, 6.45) is 3.31. The maximum absolute atomic E-state index is 13.5. The molecular weight excluding hydrogens is 378 g/mol. The molecule has 3 nitrogen and oxygen atoms in total. The van der Waals surface area contributed by atoms with Gasteiger partial charge in [0.25, 0.3) is 10.0 Å². The highest BCUT2D eigenvalue weighted by Gasteiger charge is 2.27. The number of sulfonamides is 1. The molecule has 0 saturated carbocycles. The molecule has 4 heteroatoms. The van der Waals surface area contributed by atoms with E-state index in [0.717, 1.165) is 30.4 Å². The van der Waals surface area contributed by atoms with Crippen molar-refractivity contribution in [3.63, 3.8) is 0 Å². The van der Waals surface area contributed by atoms with E-state index in [1.807, 2.05) is 24.3 Å². The molecule has 0 saturated heterocycles. The minimum absolute atomic E-state index is 0.120. The van der Waals surface area contributed by atoms with Crippen molar-refractivity contribution in [3.8, 4) is 0 Å². The molecule has 0 aliphatic carbocycles. The molecule has 0 unspecified atom stereocenters. The van der Waals surface area contributed by atoms with Crippen molar-refractivity contribution >= 4 is 15.7 Å². The maximum Gasteiger partial charge on any atom is 0.262 e. The molecule has 2 aromatic rings. The zero-order chi connectivity index (χ0) is 21.8. The summed E-state index contributed by atoms with van der Waals surface area (Å²) < 4.78 is 29.8. The lowest BCUT2D eigenvalue weighted by atomic mass is 9.89. The highest BCUT2D eigenvalue weighted by atomic mass is 32.2. The summed E-state index contributed by atoms with van der Waals surface area (Å²) in [6, 6.07) is 11.9. The largest absolute Gasteiger partial charge is 0.280 e. The van der Waals surface area contributed by atoms with Crippen LogP contribution in [0.1, 0.15) is 101 Å². The first-order chi connectivity index (χ1) is 13.6. The highest BCUT2D eigenvalue weighted by Crippen LogP contribution is 2.36. The molecule has 0 aromatic heterocycles. The van der Waals surface area contributed by atoms with Crippen LogP contribution in [0.2, 0.25) is 0 Å². The van der Waals surface area contributed by atoms with Crippen molar-refractivity contribution in [2.75, 3.05) is 4.72 Å². The SMILES string of the molecule is CCCCc1ccc(NS(=O)(=O)c2c(C(C)C)cc(C(C)C)cc2C(C)C)cc1. The molecule has 0 fully saturated rings. The molecular formula is C25H37NO2S. The highest BCUT2D eigenvalue weighted by molar-refractivity contribution is 7.92. The Bertz CT molecular complexity index is 881. The molecule has 0 heterocycles. The van der Waals surface area contributed by atoms with Gasteiger partial charge in [0.2, 0.25) is 0 Å². The lowest BCUT2D eigenvalue weighted by molar-refractivity contribution is 0.595. The topological polar surface area (TPSA) is 46.2 Å². The van der Waals surface area contributed by atoms with E-state index in [-0.39, 0.29) is 11.8 Å². The van der Waals surface area contributed by atoms with E-state index in [9.17, 15) is 8.42 Å². The summed E-state index contributed by atoms with van der Waals surface area (Å²) >= 11 is 0. The van der Waals surface area contributed by atoms with Crippen LogP contribution in [0, 0.1) is 0 Å². The van der Waals surface area contributed by atoms with E-state index in [1.54, 1.807) is 0 Å². The van der Waals surface area contributed by atoms with Gasteiger partial charge in [0.05, 0.1) is 4.90 Å². The van der Waals surface area contributed by atoms with Gasteiger partial charge in [-0.3, -0.25) is 4.72 Å². The van der Waals surface area contributed by atoms with Gasteiger partial charge >= 0.3 is 0 Å². The third-order valence-electron chi connectivity index (χ3n) is 5.37. The number of rotatable bonds is 9. The number of hydrogen-bond donors (Lipinski definition) is 1. The number of benzene rings is 2. The molecule has 0 radical (unpaired) electrons. The predicted octanol–water partition coefficient (Wildman–Crippen LogP) is 7.20. The predicted molar refractivity (Wildman–Crippen MR) is 125 cm³/mol. The lowest BCUT2D eigenvalue weighted by Gasteiger charge is -2.23. The molecule has 0 aliphatic rings. The van der Waals surface area contributed by atoms with Crippen LogP contribution in [0.5, 0.6) is 0 Å². The van der Waals surface area contributed by atoms with Crippen LogP contribution in [0.4, 0.5) is 5.69 Å². The first-order valence-electron chi connectivity index (χ1n) is 10.9. The van der Waals surface area contributed by atoms with Gasteiger partial charge < -0.3 is 0 Å². The molecule has 0 bridgehead atoms. The molecule has 2 rings (SSSR count). The van der Waals surface area contributed by atoms with E-state index in [0.29, 0.717) is 16.5 Å². The van der Waals surface area contributed by atoms with Gasteiger partial charge in [0.1, 0.15) is 0 Å². The second kappa shape index (κ2) is 9.80. The molecule has 0 atom stereocenters. The van der Waals surface area contributed by atoms with Gasteiger partial charge in [-0.25, -0.2) is 8.42 Å². The van der Waals surface area contributed by atoms with Gasteiger partial charge in [-0.05, 0) is 65.0 Å².